The van der Waals surface area contributed by atoms with Crippen LogP contribution in [-0.2, 0) is 5.41 Å². The lowest BCUT2D eigenvalue weighted by Crippen LogP contribution is -2.10. The first-order chi connectivity index (χ1) is 9.77. The molecule has 0 bridgehead atoms. The molecule has 110 valence electrons. The summed E-state index contributed by atoms with van der Waals surface area (Å²) in [5.41, 5.74) is 7.30. The number of carbonyl (C=O) groups is 1. The summed E-state index contributed by atoms with van der Waals surface area (Å²) >= 11 is 0. The number of hydrogen-bond donors (Lipinski definition) is 2. The Balaban J connectivity index is 2.28. The number of hydrogen-bond acceptors (Lipinski definition) is 3. The van der Waals surface area contributed by atoms with Gasteiger partial charge in [-0.2, -0.15) is 0 Å². The van der Waals surface area contributed by atoms with Gasteiger partial charge in [-0.15, -0.1) is 0 Å². The third kappa shape index (κ3) is 3.54. The van der Waals surface area contributed by atoms with Gasteiger partial charge in [0, 0.05) is 5.69 Å². The average molecular weight is 285 g/mol. The largest absolute Gasteiger partial charge is 0.478 e. The van der Waals surface area contributed by atoms with E-state index in [9.17, 15) is 9.90 Å². The van der Waals surface area contributed by atoms with Crippen molar-refractivity contribution in [3.8, 4) is 11.5 Å². The number of carboxylic acids is 1. The second-order valence-electron chi connectivity index (χ2n) is 5.94. The molecule has 2 aromatic carbocycles. The number of ether oxygens (including phenoxy) is 1. The van der Waals surface area contributed by atoms with Crippen molar-refractivity contribution in [3.05, 3.63) is 53.6 Å². The number of anilines is 1. The monoisotopic (exact) mass is 285 g/mol. The van der Waals surface area contributed by atoms with E-state index < -0.39 is 5.97 Å². The van der Waals surface area contributed by atoms with Crippen LogP contribution in [0.3, 0.4) is 0 Å². The zero-order chi connectivity index (χ0) is 15.6. The van der Waals surface area contributed by atoms with Crippen LogP contribution in [0.5, 0.6) is 11.5 Å². The molecule has 0 aliphatic carbocycles. The molecule has 0 fully saturated rings. The Morgan fingerprint density at radius 1 is 1.10 bits per heavy atom. The third-order valence-corrected chi connectivity index (χ3v) is 3.18. The number of rotatable bonds is 3. The van der Waals surface area contributed by atoms with Gasteiger partial charge in [0.05, 0.1) is 0 Å². The highest BCUT2D eigenvalue weighted by Crippen LogP contribution is 2.29. The smallest absolute Gasteiger partial charge is 0.339 e. The van der Waals surface area contributed by atoms with Gasteiger partial charge in [-0.3, -0.25) is 0 Å². The molecular formula is C17H19NO3. The van der Waals surface area contributed by atoms with Crippen LogP contribution in [0.2, 0.25) is 0 Å². The molecule has 21 heavy (non-hydrogen) atoms. The fourth-order valence-corrected chi connectivity index (χ4v) is 1.95. The van der Waals surface area contributed by atoms with Crippen LogP contribution in [0, 0.1) is 0 Å². The van der Waals surface area contributed by atoms with Gasteiger partial charge in [-0.05, 0) is 41.3 Å². The normalized spacial score (nSPS) is 11.2. The Bertz CT molecular complexity index is 655. The van der Waals surface area contributed by atoms with Gasteiger partial charge in [0.2, 0.25) is 0 Å². The third-order valence-electron chi connectivity index (χ3n) is 3.18. The van der Waals surface area contributed by atoms with E-state index in [4.69, 9.17) is 10.5 Å². The Morgan fingerprint density at radius 3 is 2.24 bits per heavy atom. The lowest BCUT2D eigenvalue weighted by atomic mass is 9.87. The molecule has 0 saturated heterocycles. The molecule has 0 atom stereocenters. The van der Waals surface area contributed by atoms with Gasteiger partial charge in [-0.25, -0.2) is 4.79 Å². The van der Waals surface area contributed by atoms with Gasteiger partial charge in [0.1, 0.15) is 17.1 Å². The molecule has 4 nitrogen and oxygen atoms in total. The first-order valence-corrected chi connectivity index (χ1v) is 6.68. The zero-order valence-corrected chi connectivity index (χ0v) is 12.4. The Hall–Kier alpha value is -2.49. The maximum atomic E-state index is 11.2. The number of nitrogen functional groups attached to an aromatic ring is 1. The lowest BCUT2D eigenvalue weighted by Gasteiger charge is -2.19. The topological polar surface area (TPSA) is 72.5 Å². The van der Waals surface area contributed by atoms with Crippen molar-refractivity contribution in [2.45, 2.75) is 26.2 Å². The Labute approximate surface area is 124 Å². The van der Waals surface area contributed by atoms with Crippen LogP contribution in [0.25, 0.3) is 0 Å². The summed E-state index contributed by atoms with van der Waals surface area (Å²) in [5.74, 6) is -0.195. The average Bonchev–Trinajstić information content (AvgIpc) is 2.40. The van der Waals surface area contributed by atoms with E-state index in [1.54, 1.807) is 12.1 Å². The first-order valence-electron chi connectivity index (χ1n) is 6.68. The van der Waals surface area contributed by atoms with Crippen molar-refractivity contribution in [1.29, 1.82) is 0 Å². The van der Waals surface area contributed by atoms with Crippen molar-refractivity contribution in [2.24, 2.45) is 0 Å². The van der Waals surface area contributed by atoms with Crippen molar-refractivity contribution in [2.75, 3.05) is 5.73 Å². The second kappa shape index (κ2) is 5.48. The second-order valence-corrected chi connectivity index (χ2v) is 5.94. The number of benzene rings is 2. The predicted molar refractivity (Wildman–Crippen MR) is 83.0 cm³/mol. The molecule has 0 heterocycles. The van der Waals surface area contributed by atoms with Crippen molar-refractivity contribution in [3.63, 3.8) is 0 Å². The first kappa shape index (κ1) is 14.9. The molecule has 2 aromatic rings. The Kier molecular flexibility index (Phi) is 3.89. The fourth-order valence-electron chi connectivity index (χ4n) is 1.95. The quantitative estimate of drug-likeness (QED) is 0.834. The summed E-state index contributed by atoms with van der Waals surface area (Å²) in [6, 6.07) is 12.2. The van der Waals surface area contributed by atoms with E-state index in [2.05, 4.69) is 20.8 Å². The molecule has 0 saturated carbocycles. The molecule has 0 aromatic heterocycles. The van der Waals surface area contributed by atoms with E-state index in [0.717, 1.165) is 0 Å². The molecule has 4 heteroatoms. The molecule has 0 amide bonds. The van der Waals surface area contributed by atoms with Gasteiger partial charge >= 0.3 is 5.97 Å². The predicted octanol–water partition coefficient (Wildman–Crippen LogP) is 4.06. The fraction of sp³-hybridized carbons (Fsp3) is 0.235. The highest BCUT2D eigenvalue weighted by molar-refractivity contribution is 5.92. The minimum absolute atomic E-state index is 0.0508. The van der Waals surface area contributed by atoms with Crippen LogP contribution in [0.15, 0.2) is 42.5 Å². The maximum Gasteiger partial charge on any atom is 0.339 e. The molecule has 0 aliphatic heterocycles. The van der Waals surface area contributed by atoms with E-state index in [0.29, 0.717) is 11.4 Å². The van der Waals surface area contributed by atoms with Gasteiger partial charge in [-0.1, -0.05) is 32.9 Å². The minimum Gasteiger partial charge on any atom is -0.478 e. The zero-order valence-electron chi connectivity index (χ0n) is 12.4. The summed E-state index contributed by atoms with van der Waals surface area (Å²) < 4.78 is 5.66. The van der Waals surface area contributed by atoms with Gasteiger partial charge < -0.3 is 15.6 Å². The van der Waals surface area contributed by atoms with Crippen LogP contribution in [0.4, 0.5) is 5.69 Å². The van der Waals surface area contributed by atoms with Crippen LogP contribution in [-0.4, -0.2) is 11.1 Å². The van der Waals surface area contributed by atoms with Crippen molar-refractivity contribution in [1.82, 2.24) is 0 Å². The molecule has 0 aliphatic rings. The highest BCUT2D eigenvalue weighted by Gasteiger charge is 2.15. The highest BCUT2D eigenvalue weighted by atomic mass is 16.5. The van der Waals surface area contributed by atoms with Crippen molar-refractivity contribution >= 4 is 11.7 Å². The van der Waals surface area contributed by atoms with E-state index in [-0.39, 0.29) is 16.7 Å². The van der Waals surface area contributed by atoms with Crippen LogP contribution >= 0.6 is 0 Å². The van der Waals surface area contributed by atoms with Crippen LogP contribution < -0.4 is 10.5 Å². The van der Waals surface area contributed by atoms with E-state index in [1.165, 1.54) is 11.6 Å². The SMILES string of the molecule is CC(C)(C)c1ccc(Oc2ccc(N)cc2C(=O)O)cc1. The minimum atomic E-state index is -1.07. The summed E-state index contributed by atoms with van der Waals surface area (Å²) in [4.78, 5) is 11.2. The summed E-state index contributed by atoms with van der Waals surface area (Å²) in [7, 11) is 0. The summed E-state index contributed by atoms with van der Waals surface area (Å²) in [6.07, 6.45) is 0. The number of carboxylic acid groups (broad SMARTS) is 1. The molecule has 3 N–H and O–H groups in total. The van der Waals surface area contributed by atoms with E-state index in [1.807, 2.05) is 24.3 Å². The standard InChI is InChI=1S/C17H19NO3/c1-17(2,3)11-4-7-13(8-5-11)21-15-9-6-12(18)10-14(15)16(19)20/h4-10H,18H2,1-3H3,(H,19,20). The molecule has 0 radical (unpaired) electrons. The lowest BCUT2D eigenvalue weighted by molar-refractivity contribution is 0.0694. The molecular weight excluding hydrogens is 266 g/mol. The summed E-state index contributed by atoms with van der Waals surface area (Å²) in [6.45, 7) is 6.39. The molecule has 0 spiro atoms. The van der Waals surface area contributed by atoms with Crippen LogP contribution in [0.1, 0.15) is 36.7 Å². The number of aromatic carboxylic acids is 1. The number of nitrogens with two attached hydrogens (primary N) is 1. The molecule has 0 unspecified atom stereocenters. The Morgan fingerprint density at radius 2 is 1.71 bits per heavy atom. The summed E-state index contributed by atoms with van der Waals surface area (Å²) in [5, 5.41) is 9.18. The van der Waals surface area contributed by atoms with E-state index >= 15 is 0 Å². The maximum absolute atomic E-state index is 11.2. The van der Waals surface area contributed by atoms with Gasteiger partial charge in [0.25, 0.3) is 0 Å². The molecule has 2 rings (SSSR count). The van der Waals surface area contributed by atoms with Gasteiger partial charge in [0.15, 0.2) is 0 Å². The van der Waals surface area contributed by atoms with Crippen molar-refractivity contribution < 1.29 is 14.6 Å².